The van der Waals surface area contributed by atoms with E-state index in [4.69, 9.17) is 4.74 Å². The Hall–Kier alpha value is -3.67. The zero-order valence-corrected chi connectivity index (χ0v) is 17.4. The van der Waals surface area contributed by atoms with Gasteiger partial charge in [0.25, 0.3) is 5.91 Å². The molecule has 0 spiro atoms. The molecule has 1 N–H and O–H groups in total. The summed E-state index contributed by atoms with van der Waals surface area (Å²) >= 11 is 0. The third-order valence-corrected chi connectivity index (χ3v) is 5.57. The van der Waals surface area contributed by atoms with Gasteiger partial charge >= 0.3 is 0 Å². The zero-order valence-electron chi connectivity index (χ0n) is 17.4. The number of carbonyl (C=O) groups excluding carboxylic acids is 2. The molecule has 4 rings (SSSR count). The van der Waals surface area contributed by atoms with Crippen molar-refractivity contribution in [3.8, 4) is 5.75 Å². The summed E-state index contributed by atoms with van der Waals surface area (Å²) < 4.78 is 18.6. The number of rotatable bonds is 6. The Bertz CT molecular complexity index is 1130. The standard InChI is InChI=1S/C25H23FN2O3/c1-16-13-19(26)9-12-22(16)27-24(29)14-23(17-7-10-20(31-2)11-8-17)28-15-18-5-3-4-6-21(18)25(28)30/h3-13,23H,14-15H2,1-2H3,(H,27,29)/t23-/m0/s1. The Morgan fingerprint density at radius 3 is 2.55 bits per heavy atom. The number of benzene rings is 3. The number of aryl methyl sites for hydroxylation is 1. The molecular weight excluding hydrogens is 395 g/mol. The predicted molar refractivity (Wildman–Crippen MR) is 116 cm³/mol. The molecule has 0 bridgehead atoms. The molecule has 3 aromatic rings. The summed E-state index contributed by atoms with van der Waals surface area (Å²) in [6.45, 7) is 2.18. The number of fused-ring (bicyclic) bond motifs is 1. The highest BCUT2D eigenvalue weighted by Gasteiger charge is 2.34. The van der Waals surface area contributed by atoms with Gasteiger partial charge in [0.2, 0.25) is 5.91 Å². The SMILES string of the molecule is COc1ccc([C@H](CC(=O)Nc2ccc(F)cc2C)N2Cc3ccccc3C2=O)cc1. The number of ether oxygens (including phenoxy) is 1. The molecule has 1 aliphatic rings. The lowest BCUT2D eigenvalue weighted by molar-refractivity contribution is -0.117. The second-order valence-electron chi connectivity index (χ2n) is 7.59. The van der Waals surface area contributed by atoms with Crippen LogP contribution in [0.4, 0.5) is 10.1 Å². The first-order valence-corrected chi connectivity index (χ1v) is 10.0. The van der Waals surface area contributed by atoms with Crippen molar-refractivity contribution in [1.82, 2.24) is 4.90 Å². The molecule has 158 valence electrons. The van der Waals surface area contributed by atoms with E-state index in [1.54, 1.807) is 25.0 Å². The van der Waals surface area contributed by atoms with Crippen LogP contribution in [0, 0.1) is 12.7 Å². The summed E-state index contributed by atoms with van der Waals surface area (Å²) in [5.41, 5.74) is 3.64. The Morgan fingerprint density at radius 1 is 1.13 bits per heavy atom. The van der Waals surface area contributed by atoms with Crippen molar-refractivity contribution < 1.29 is 18.7 Å². The molecule has 31 heavy (non-hydrogen) atoms. The Balaban J connectivity index is 1.61. The number of hydrogen-bond acceptors (Lipinski definition) is 3. The minimum atomic E-state index is -0.452. The number of carbonyl (C=O) groups is 2. The number of nitrogens with one attached hydrogen (secondary N) is 1. The first-order valence-electron chi connectivity index (χ1n) is 10.0. The van der Waals surface area contributed by atoms with Gasteiger partial charge < -0.3 is 15.0 Å². The number of anilines is 1. The highest BCUT2D eigenvalue weighted by molar-refractivity contribution is 5.99. The fourth-order valence-corrected chi connectivity index (χ4v) is 3.91. The fourth-order valence-electron chi connectivity index (χ4n) is 3.91. The third-order valence-electron chi connectivity index (χ3n) is 5.57. The van der Waals surface area contributed by atoms with E-state index in [0.717, 1.165) is 11.1 Å². The van der Waals surface area contributed by atoms with Gasteiger partial charge in [0.15, 0.2) is 0 Å². The number of hydrogen-bond donors (Lipinski definition) is 1. The minimum absolute atomic E-state index is 0.0723. The summed E-state index contributed by atoms with van der Waals surface area (Å²) in [6, 6.07) is 18.6. The second-order valence-corrected chi connectivity index (χ2v) is 7.59. The van der Waals surface area contributed by atoms with Gasteiger partial charge in [0, 0.05) is 17.8 Å². The molecule has 1 heterocycles. The quantitative estimate of drug-likeness (QED) is 0.621. The summed E-state index contributed by atoms with van der Waals surface area (Å²) in [5.74, 6) is -0.00146. The van der Waals surface area contributed by atoms with Crippen molar-refractivity contribution in [2.75, 3.05) is 12.4 Å². The smallest absolute Gasteiger partial charge is 0.255 e. The van der Waals surface area contributed by atoms with E-state index in [-0.39, 0.29) is 24.1 Å². The average Bonchev–Trinajstić information content (AvgIpc) is 3.11. The van der Waals surface area contributed by atoms with E-state index in [9.17, 15) is 14.0 Å². The summed E-state index contributed by atoms with van der Waals surface area (Å²) in [4.78, 5) is 27.7. The van der Waals surface area contributed by atoms with Crippen molar-refractivity contribution >= 4 is 17.5 Å². The molecule has 1 aliphatic heterocycles. The minimum Gasteiger partial charge on any atom is -0.497 e. The van der Waals surface area contributed by atoms with Crippen LogP contribution in [0.1, 0.15) is 39.5 Å². The van der Waals surface area contributed by atoms with Crippen LogP contribution in [0.25, 0.3) is 0 Å². The average molecular weight is 418 g/mol. The first-order chi connectivity index (χ1) is 15.0. The van der Waals surface area contributed by atoms with Crippen LogP contribution >= 0.6 is 0 Å². The molecule has 0 radical (unpaired) electrons. The van der Waals surface area contributed by atoms with E-state index < -0.39 is 6.04 Å². The van der Waals surface area contributed by atoms with Gasteiger partial charge in [0.05, 0.1) is 19.6 Å². The number of amides is 2. The van der Waals surface area contributed by atoms with Crippen molar-refractivity contribution in [3.63, 3.8) is 0 Å². The number of methoxy groups -OCH3 is 1. The number of halogens is 1. The predicted octanol–water partition coefficient (Wildman–Crippen LogP) is 4.87. The van der Waals surface area contributed by atoms with Crippen molar-refractivity contribution in [3.05, 3.63) is 94.8 Å². The lowest BCUT2D eigenvalue weighted by atomic mass is 10.0. The van der Waals surface area contributed by atoms with Crippen molar-refractivity contribution in [2.24, 2.45) is 0 Å². The van der Waals surface area contributed by atoms with E-state index in [0.29, 0.717) is 29.1 Å². The second kappa shape index (κ2) is 8.60. The topological polar surface area (TPSA) is 58.6 Å². The molecule has 6 heteroatoms. The van der Waals surface area contributed by atoms with Crippen LogP contribution in [-0.2, 0) is 11.3 Å². The maximum atomic E-state index is 13.4. The summed E-state index contributed by atoms with van der Waals surface area (Å²) in [5, 5.41) is 2.85. The van der Waals surface area contributed by atoms with Gasteiger partial charge in [-0.05, 0) is 60.0 Å². The molecule has 3 aromatic carbocycles. The molecule has 0 saturated carbocycles. The molecule has 1 atom stereocenters. The highest BCUT2D eigenvalue weighted by Crippen LogP contribution is 2.34. The maximum Gasteiger partial charge on any atom is 0.255 e. The monoisotopic (exact) mass is 418 g/mol. The molecule has 0 fully saturated rings. The lowest BCUT2D eigenvalue weighted by Crippen LogP contribution is -2.32. The van der Waals surface area contributed by atoms with E-state index >= 15 is 0 Å². The molecule has 2 amide bonds. The molecule has 5 nitrogen and oxygen atoms in total. The van der Waals surface area contributed by atoms with E-state index in [1.807, 2.05) is 48.5 Å². The van der Waals surface area contributed by atoms with Crippen LogP contribution in [0.2, 0.25) is 0 Å². The van der Waals surface area contributed by atoms with Crippen molar-refractivity contribution in [1.29, 1.82) is 0 Å². The zero-order chi connectivity index (χ0) is 22.0. The lowest BCUT2D eigenvalue weighted by Gasteiger charge is -2.28. The van der Waals surface area contributed by atoms with Crippen molar-refractivity contribution in [2.45, 2.75) is 25.9 Å². The van der Waals surface area contributed by atoms with Crippen LogP contribution in [0.3, 0.4) is 0 Å². The maximum absolute atomic E-state index is 13.4. The molecule has 0 unspecified atom stereocenters. The van der Waals surface area contributed by atoms with Gasteiger partial charge in [0.1, 0.15) is 11.6 Å². The molecule has 0 aliphatic carbocycles. The van der Waals surface area contributed by atoms with Crippen LogP contribution in [0.5, 0.6) is 5.75 Å². The Labute approximate surface area is 180 Å². The summed E-state index contributed by atoms with van der Waals surface area (Å²) in [7, 11) is 1.59. The third kappa shape index (κ3) is 4.28. The Morgan fingerprint density at radius 2 is 1.87 bits per heavy atom. The van der Waals surface area contributed by atoms with E-state index in [2.05, 4.69) is 5.32 Å². The molecular formula is C25H23FN2O3. The molecule has 0 saturated heterocycles. The number of nitrogens with zero attached hydrogens (tertiary/aromatic N) is 1. The van der Waals surface area contributed by atoms with Gasteiger partial charge in [-0.25, -0.2) is 4.39 Å². The largest absolute Gasteiger partial charge is 0.497 e. The van der Waals surface area contributed by atoms with Crippen LogP contribution in [0.15, 0.2) is 66.7 Å². The normalized spacial score (nSPS) is 13.6. The van der Waals surface area contributed by atoms with Crippen LogP contribution in [-0.4, -0.2) is 23.8 Å². The summed E-state index contributed by atoms with van der Waals surface area (Å²) in [6.07, 6.45) is 0.0723. The highest BCUT2D eigenvalue weighted by atomic mass is 19.1. The first kappa shape index (κ1) is 20.6. The van der Waals surface area contributed by atoms with Gasteiger partial charge in [-0.1, -0.05) is 30.3 Å². The van der Waals surface area contributed by atoms with Crippen LogP contribution < -0.4 is 10.1 Å². The Kier molecular flexibility index (Phi) is 5.71. The van der Waals surface area contributed by atoms with Gasteiger partial charge in [-0.3, -0.25) is 9.59 Å². The van der Waals surface area contributed by atoms with Gasteiger partial charge in [-0.2, -0.15) is 0 Å². The van der Waals surface area contributed by atoms with Gasteiger partial charge in [-0.15, -0.1) is 0 Å². The molecule has 0 aromatic heterocycles. The fraction of sp³-hybridized carbons (Fsp3) is 0.200. The van der Waals surface area contributed by atoms with E-state index in [1.165, 1.54) is 12.1 Å².